The number of rotatable bonds is 14. The average molecular weight is 816 g/mol. The van der Waals surface area contributed by atoms with Gasteiger partial charge in [-0.2, -0.15) is 0 Å². The van der Waals surface area contributed by atoms with Gasteiger partial charge in [0.05, 0.1) is 24.2 Å². The zero-order chi connectivity index (χ0) is 40.0. The third kappa shape index (κ3) is 18.6. The summed E-state index contributed by atoms with van der Waals surface area (Å²) in [4.78, 5) is 34.3. The molecule has 4 aliphatic carbocycles. The Morgan fingerprint density at radius 3 is 1.02 bits per heavy atom. The van der Waals surface area contributed by atoms with Crippen molar-refractivity contribution >= 4 is 41.2 Å². The highest BCUT2D eigenvalue weighted by molar-refractivity contribution is 6.30. The van der Waals surface area contributed by atoms with Crippen LogP contribution >= 0.6 is 23.2 Å². The number of carboxylic acids is 2. The Morgan fingerprint density at radius 2 is 0.768 bits per heavy atom. The number of hydrogen-bond donors (Lipinski definition) is 4. The first-order valence-corrected chi connectivity index (χ1v) is 22.5. The smallest absolute Gasteiger partial charge is 0.314 e. The Morgan fingerprint density at radius 1 is 0.500 bits per heavy atom. The maximum absolute atomic E-state index is 12.2. The number of carbonyl (C=O) groups excluding carboxylic acids is 3. The molecular formula is C45H68Cl2N4O5. The molecule has 56 heavy (non-hydrogen) atoms. The van der Waals surface area contributed by atoms with Crippen LogP contribution in [0.2, 0.25) is 10.0 Å². The van der Waals surface area contributed by atoms with Crippen molar-refractivity contribution in [1.82, 2.24) is 10.6 Å². The Balaban J connectivity index is 0.000000218. The molecule has 2 atom stereocenters. The summed E-state index contributed by atoms with van der Waals surface area (Å²) >= 11 is 11.7. The zero-order valence-electron chi connectivity index (χ0n) is 33.5. The van der Waals surface area contributed by atoms with Crippen molar-refractivity contribution in [1.29, 1.82) is 0 Å². The summed E-state index contributed by atoms with van der Waals surface area (Å²) in [5.74, 6) is -3.50. The van der Waals surface area contributed by atoms with Crippen molar-refractivity contribution < 1.29 is 35.2 Å². The number of urea groups is 1. The van der Waals surface area contributed by atoms with Crippen LogP contribution in [0, 0.1) is 0 Å². The van der Waals surface area contributed by atoms with Gasteiger partial charge < -0.3 is 41.1 Å². The van der Waals surface area contributed by atoms with Gasteiger partial charge >= 0.3 is 6.03 Å². The minimum absolute atomic E-state index is 0.0492. The number of carboxylic acid groups (broad SMARTS) is 2. The van der Waals surface area contributed by atoms with Gasteiger partial charge in [0, 0.05) is 46.9 Å². The molecule has 6 N–H and O–H groups in total. The fourth-order valence-electron chi connectivity index (χ4n) is 9.06. The van der Waals surface area contributed by atoms with E-state index in [1.165, 1.54) is 128 Å². The average Bonchev–Trinajstić information content (AvgIpc) is 3.20. The van der Waals surface area contributed by atoms with Crippen molar-refractivity contribution in [2.45, 2.75) is 177 Å². The molecule has 9 nitrogen and oxygen atoms in total. The quantitative estimate of drug-likeness (QED) is 0.188. The highest BCUT2D eigenvalue weighted by Crippen LogP contribution is 2.23. The van der Waals surface area contributed by atoms with E-state index >= 15 is 0 Å². The lowest BCUT2D eigenvalue weighted by Gasteiger charge is -2.27. The maximum atomic E-state index is 12.2. The zero-order valence-corrected chi connectivity index (χ0v) is 35.0. The van der Waals surface area contributed by atoms with Crippen molar-refractivity contribution in [2.75, 3.05) is 13.1 Å². The molecule has 0 aromatic heterocycles. The number of nitrogens with two attached hydrogens (primary N) is 2. The van der Waals surface area contributed by atoms with E-state index in [0.717, 1.165) is 24.2 Å². The van der Waals surface area contributed by atoms with Crippen LogP contribution < -0.4 is 31.5 Å². The summed E-state index contributed by atoms with van der Waals surface area (Å²) in [7, 11) is 0. The summed E-state index contributed by atoms with van der Waals surface area (Å²) in [5, 5.41) is 33.8. The van der Waals surface area contributed by atoms with E-state index in [4.69, 9.17) is 23.2 Å². The lowest BCUT2D eigenvalue weighted by atomic mass is 9.91. The Bertz CT molecular complexity index is 1270. The highest BCUT2D eigenvalue weighted by Gasteiger charge is 2.24. The highest BCUT2D eigenvalue weighted by atomic mass is 35.5. The van der Waals surface area contributed by atoms with Gasteiger partial charge in [-0.3, -0.25) is 0 Å². The second kappa shape index (κ2) is 26.2. The molecule has 4 aliphatic rings. The third-order valence-electron chi connectivity index (χ3n) is 12.2. The minimum atomic E-state index is -1.24. The molecule has 0 saturated heterocycles. The molecule has 0 radical (unpaired) electrons. The van der Waals surface area contributed by atoms with Gasteiger partial charge in [-0.05, 0) is 151 Å². The van der Waals surface area contributed by atoms with Crippen molar-refractivity contribution in [3.8, 4) is 0 Å². The molecule has 312 valence electrons. The van der Waals surface area contributed by atoms with E-state index in [2.05, 4.69) is 21.3 Å². The molecule has 2 amide bonds. The van der Waals surface area contributed by atoms with Crippen LogP contribution in [0.5, 0.6) is 0 Å². The van der Waals surface area contributed by atoms with Crippen LogP contribution in [0.15, 0.2) is 48.5 Å². The standard InChI is InChI=1S/C21H22Cl2N2O5.2C12H23N/c22-17-5-1-13(2-6-17)15(9-19(26)27)11-24-21(30)25-12-16(10-20(28)29)14-3-7-18(23)8-4-14;2*1-3-7-11(8-4-1)13-12-9-5-2-6-10-12/h1-8,15-16H,9-12H2,(H,26,27)(H,28,29)(H2,24,25,30);2*11-13H,1-10H2/t15-,16-;;/m1../s1. The summed E-state index contributed by atoms with van der Waals surface area (Å²) in [6, 6.07) is 16.7. The van der Waals surface area contributed by atoms with Gasteiger partial charge in [-0.1, -0.05) is 73.2 Å². The van der Waals surface area contributed by atoms with E-state index in [1.807, 2.05) is 0 Å². The van der Waals surface area contributed by atoms with Crippen LogP contribution in [-0.4, -0.2) is 55.2 Å². The Hall–Kier alpha value is -2.85. The Kier molecular flexibility index (Phi) is 21.5. The van der Waals surface area contributed by atoms with Crippen LogP contribution in [0.25, 0.3) is 0 Å². The molecule has 2 aromatic rings. The van der Waals surface area contributed by atoms with Crippen LogP contribution in [0.3, 0.4) is 0 Å². The van der Waals surface area contributed by atoms with E-state index < -0.39 is 29.8 Å². The fraction of sp³-hybridized carbons (Fsp3) is 0.667. The van der Waals surface area contributed by atoms with Gasteiger partial charge in [0.25, 0.3) is 0 Å². The monoisotopic (exact) mass is 814 g/mol. The number of hydrogen-bond acceptors (Lipinski definition) is 5. The van der Waals surface area contributed by atoms with Crippen LogP contribution in [0.1, 0.15) is 164 Å². The molecule has 4 saturated carbocycles. The van der Waals surface area contributed by atoms with Gasteiger partial charge in [0.1, 0.15) is 0 Å². The molecule has 0 aliphatic heterocycles. The van der Waals surface area contributed by atoms with E-state index in [1.54, 1.807) is 48.5 Å². The largest absolute Gasteiger partial charge is 0.550 e. The van der Waals surface area contributed by atoms with Gasteiger partial charge in [-0.15, -0.1) is 0 Å². The van der Waals surface area contributed by atoms with Gasteiger partial charge in [-0.25, -0.2) is 4.79 Å². The summed E-state index contributed by atoms with van der Waals surface area (Å²) < 4.78 is 0. The molecule has 0 bridgehead atoms. The summed E-state index contributed by atoms with van der Waals surface area (Å²) in [6.07, 6.45) is 29.3. The first-order valence-electron chi connectivity index (χ1n) is 21.8. The predicted molar refractivity (Wildman–Crippen MR) is 220 cm³/mol. The molecule has 0 heterocycles. The molecule has 0 unspecified atom stereocenters. The SMILES string of the molecule is C1CCC([NH2+]C2CCCCC2)CC1.C1CCC([NH2+]C2CCCCC2)CC1.O=C([O-])C[C@H](CNC(=O)NC[C@@H](CC(=O)[O-])c1ccc(Cl)cc1)c1ccc(Cl)cc1. The van der Waals surface area contributed by atoms with E-state index in [-0.39, 0.29) is 25.9 Å². The number of benzene rings is 2. The Labute approximate surface area is 345 Å². The van der Waals surface area contributed by atoms with Crippen LogP contribution in [-0.2, 0) is 9.59 Å². The second-order valence-corrected chi connectivity index (χ2v) is 17.6. The predicted octanol–water partition coefficient (Wildman–Crippen LogP) is 5.87. The molecule has 6 rings (SSSR count). The number of halogens is 2. The number of aliphatic carboxylic acids is 2. The number of amides is 2. The minimum Gasteiger partial charge on any atom is -0.550 e. The number of nitrogens with one attached hydrogen (secondary N) is 2. The summed E-state index contributed by atoms with van der Waals surface area (Å²) in [6.45, 7) is 0.0983. The van der Waals surface area contributed by atoms with Crippen molar-refractivity contribution in [3.05, 3.63) is 69.7 Å². The van der Waals surface area contributed by atoms with E-state index in [0.29, 0.717) is 21.2 Å². The lowest BCUT2D eigenvalue weighted by Crippen LogP contribution is -2.95. The van der Waals surface area contributed by atoms with Gasteiger partial charge in [0.15, 0.2) is 0 Å². The van der Waals surface area contributed by atoms with Crippen LogP contribution in [0.4, 0.5) is 4.79 Å². The molecule has 11 heteroatoms. The lowest BCUT2D eigenvalue weighted by molar-refractivity contribution is -0.726. The number of carbonyl (C=O) groups is 3. The molecule has 0 spiro atoms. The second-order valence-electron chi connectivity index (χ2n) is 16.7. The molecule has 2 aromatic carbocycles. The van der Waals surface area contributed by atoms with Crippen molar-refractivity contribution in [2.24, 2.45) is 0 Å². The fourth-order valence-corrected chi connectivity index (χ4v) is 9.31. The first kappa shape index (κ1) is 45.8. The molecule has 4 fully saturated rings. The molecular weight excluding hydrogens is 747 g/mol. The third-order valence-corrected chi connectivity index (χ3v) is 12.7. The van der Waals surface area contributed by atoms with Crippen molar-refractivity contribution in [3.63, 3.8) is 0 Å². The summed E-state index contributed by atoms with van der Waals surface area (Å²) in [5.41, 5.74) is 1.39. The number of quaternary nitrogens is 2. The first-order chi connectivity index (χ1) is 27.1. The van der Waals surface area contributed by atoms with Gasteiger partial charge in [0.2, 0.25) is 0 Å². The normalized spacial score (nSPS) is 19.6. The maximum Gasteiger partial charge on any atom is 0.314 e. The topological polar surface area (TPSA) is 155 Å². The van der Waals surface area contributed by atoms with E-state index in [9.17, 15) is 24.6 Å².